The predicted octanol–water partition coefficient (Wildman–Crippen LogP) is 1.26. The maximum absolute atomic E-state index is 11.9. The number of carbonyl (C=O) groups is 1. The normalized spacial score (nSPS) is 19.1. The summed E-state index contributed by atoms with van der Waals surface area (Å²) >= 11 is 0. The quantitative estimate of drug-likeness (QED) is 0.718. The van der Waals surface area contributed by atoms with Crippen LogP contribution >= 0.6 is 0 Å². The van der Waals surface area contributed by atoms with Crippen LogP contribution in [0.5, 0.6) is 0 Å². The molecule has 0 spiro atoms. The Morgan fingerprint density at radius 3 is 2.56 bits per heavy atom. The van der Waals surface area contributed by atoms with E-state index in [4.69, 9.17) is 5.73 Å². The first-order valence-electron chi connectivity index (χ1n) is 6.02. The molecule has 1 aliphatic rings. The van der Waals surface area contributed by atoms with Gasteiger partial charge in [0.1, 0.15) is 0 Å². The molecule has 1 saturated carbocycles. The lowest BCUT2D eigenvalue weighted by Crippen LogP contribution is -2.49. The van der Waals surface area contributed by atoms with Crippen molar-refractivity contribution in [2.45, 2.75) is 51.1 Å². The number of amides is 1. The number of hydrogen-bond donors (Lipinski definition) is 1. The molecule has 0 aromatic carbocycles. The van der Waals surface area contributed by atoms with Gasteiger partial charge in [-0.2, -0.15) is 4.91 Å². The van der Waals surface area contributed by atoms with Gasteiger partial charge in [0.15, 0.2) is 0 Å². The van der Waals surface area contributed by atoms with E-state index in [9.17, 15) is 9.70 Å². The summed E-state index contributed by atoms with van der Waals surface area (Å²) < 4.78 is 0. The number of hydrogen-bond acceptors (Lipinski definition) is 4. The maximum Gasteiger partial charge on any atom is 0.239 e. The Morgan fingerprint density at radius 2 is 2.06 bits per heavy atom. The van der Waals surface area contributed by atoms with Crippen molar-refractivity contribution in [3.63, 3.8) is 0 Å². The van der Waals surface area contributed by atoms with E-state index in [0.29, 0.717) is 6.54 Å². The number of nitrogens with zero attached hydrogens (tertiary/aromatic N) is 2. The molecule has 16 heavy (non-hydrogen) atoms. The molecule has 0 saturated heterocycles. The van der Waals surface area contributed by atoms with E-state index in [1.807, 2.05) is 0 Å². The highest BCUT2D eigenvalue weighted by atomic mass is 16.3. The third-order valence-corrected chi connectivity index (χ3v) is 3.12. The van der Waals surface area contributed by atoms with E-state index >= 15 is 0 Å². The Hall–Kier alpha value is -0.970. The molecule has 0 aliphatic heterocycles. The van der Waals surface area contributed by atoms with E-state index in [2.05, 4.69) is 5.18 Å². The lowest BCUT2D eigenvalue weighted by Gasteiger charge is -2.34. The summed E-state index contributed by atoms with van der Waals surface area (Å²) in [5.74, 6) is -0.0597. The first kappa shape index (κ1) is 13.1. The molecule has 0 aromatic rings. The maximum atomic E-state index is 11.9. The molecule has 92 valence electrons. The van der Waals surface area contributed by atoms with Gasteiger partial charge in [-0.1, -0.05) is 24.4 Å². The van der Waals surface area contributed by atoms with Gasteiger partial charge in [-0.15, -0.1) is 0 Å². The van der Waals surface area contributed by atoms with Crippen LogP contribution in [0, 0.1) is 4.91 Å². The molecular weight excluding hydrogens is 206 g/mol. The topological polar surface area (TPSA) is 75.8 Å². The minimum absolute atomic E-state index is 0.0597. The van der Waals surface area contributed by atoms with Gasteiger partial charge in [0.2, 0.25) is 5.91 Å². The fraction of sp³-hybridized carbons (Fsp3) is 0.909. The minimum Gasteiger partial charge on any atom is -0.336 e. The smallest absolute Gasteiger partial charge is 0.239 e. The van der Waals surface area contributed by atoms with Crippen LogP contribution in [-0.4, -0.2) is 36.0 Å². The van der Waals surface area contributed by atoms with Crippen molar-refractivity contribution in [3.8, 4) is 0 Å². The van der Waals surface area contributed by atoms with Crippen molar-refractivity contribution in [2.75, 3.05) is 13.1 Å². The summed E-state index contributed by atoms with van der Waals surface area (Å²) in [4.78, 5) is 23.8. The second kappa shape index (κ2) is 6.58. The standard InChI is InChI=1S/C11H21N3O2/c1-9(12)11(15)14(8-7-13-16)10-5-3-2-4-6-10/h9-10H,2-8,12H2,1H3/t9-/m0/s1. The predicted molar refractivity (Wildman–Crippen MR) is 62.9 cm³/mol. The highest BCUT2D eigenvalue weighted by Crippen LogP contribution is 2.22. The average Bonchev–Trinajstić information content (AvgIpc) is 2.30. The summed E-state index contributed by atoms with van der Waals surface area (Å²) in [6.07, 6.45) is 5.60. The van der Waals surface area contributed by atoms with Gasteiger partial charge >= 0.3 is 0 Å². The van der Waals surface area contributed by atoms with Crippen molar-refractivity contribution in [1.82, 2.24) is 4.90 Å². The summed E-state index contributed by atoms with van der Waals surface area (Å²) in [5, 5.41) is 2.83. The first-order chi connectivity index (χ1) is 7.66. The van der Waals surface area contributed by atoms with Gasteiger partial charge in [-0.05, 0) is 19.8 Å². The monoisotopic (exact) mass is 227 g/mol. The molecule has 0 aromatic heterocycles. The summed E-state index contributed by atoms with van der Waals surface area (Å²) in [7, 11) is 0. The largest absolute Gasteiger partial charge is 0.336 e. The van der Waals surface area contributed by atoms with Crippen LogP contribution in [0.2, 0.25) is 0 Å². The lowest BCUT2D eigenvalue weighted by molar-refractivity contribution is -0.135. The van der Waals surface area contributed by atoms with Gasteiger partial charge in [-0.25, -0.2) is 0 Å². The molecule has 0 unspecified atom stereocenters. The average molecular weight is 227 g/mol. The highest BCUT2D eigenvalue weighted by molar-refractivity contribution is 5.81. The number of carbonyl (C=O) groups excluding carboxylic acids is 1. The Bertz CT molecular complexity index is 237. The first-order valence-corrected chi connectivity index (χ1v) is 6.02. The second-order valence-corrected chi connectivity index (χ2v) is 4.46. The van der Waals surface area contributed by atoms with Gasteiger partial charge < -0.3 is 10.6 Å². The molecule has 1 fully saturated rings. The third kappa shape index (κ3) is 3.56. The Kier molecular flexibility index (Phi) is 5.38. The minimum atomic E-state index is -0.492. The zero-order chi connectivity index (χ0) is 12.0. The molecule has 5 nitrogen and oxygen atoms in total. The van der Waals surface area contributed by atoms with Crippen molar-refractivity contribution in [2.24, 2.45) is 10.9 Å². The molecule has 0 bridgehead atoms. The number of nitrogens with two attached hydrogens (primary N) is 1. The molecule has 0 radical (unpaired) electrons. The summed E-state index contributed by atoms with van der Waals surface area (Å²) in [5.41, 5.74) is 5.62. The zero-order valence-electron chi connectivity index (χ0n) is 9.89. The van der Waals surface area contributed by atoms with E-state index in [0.717, 1.165) is 25.7 Å². The zero-order valence-corrected chi connectivity index (χ0v) is 9.89. The van der Waals surface area contributed by atoms with Crippen LogP contribution in [-0.2, 0) is 4.79 Å². The van der Waals surface area contributed by atoms with Crippen LogP contribution in [0.3, 0.4) is 0 Å². The highest BCUT2D eigenvalue weighted by Gasteiger charge is 2.26. The van der Waals surface area contributed by atoms with E-state index < -0.39 is 6.04 Å². The van der Waals surface area contributed by atoms with Gasteiger partial charge in [0, 0.05) is 12.6 Å². The summed E-state index contributed by atoms with van der Waals surface area (Å²) in [6.45, 7) is 2.26. The van der Waals surface area contributed by atoms with E-state index in [1.54, 1.807) is 11.8 Å². The van der Waals surface area contributed by atoms with Crippen molar-refractivity contribution >= 4 is 5.91 Å². The molecule has 1 atom stereocenters. The van der Waals surface area contributed by atoms with Crippen LogP contribution < -0.4 is 5.73 Å². The fourth-order valence-electron chi connectivity index (χ4n) is 2.28. The van der Waals surface area contributed by atoms with Crippen LogP contribution in [0.25, 0.3) is 0 Å². The third-order valence-electron chi connectivity index (χ3n) is 3.12. The SMILES string of the molecule is C[C@H](N)C(=O)N(CCN=O)C1CCCCC1. The molecule has 0 heterocycles. The fourth-order valence-corrected chi connectivity index (χ4v) is 2.28. The number of rotatable bonds is 5. The van der Waals surface area contributed by atoms with Gasteiger partial charge in [-0.3, -0.25) is 4.79 Å². The van der Waals surface area contributed by atoms with E-state index in [1.165, 1.54) is 6.42 Å². The van der Waals surface area contributed by atoms with Crippen molar-refractivity contribution in [3.05, 3.63) is 4.91 Å². The Labute approximate surface area is 96.3 Å². The molecule has 1 aliphatic carbocycles. The van der Waals surface area contributed by atoms with Crippen molar-refractivity contribution < 1.29 is 4.79 Å². The molecule has 5 heteroatoms. The second-order valence-electron chi connectivity index (χ2n) is 4.46. The summed E-state index contributed by atoms with van der Waals surface area (Å²) in [6, 6.07) is -0.234. The Morgan fingerprint density at radius 1 is 1.44 bits per heavy atom. The molecule has 1 rings (SSSR count). The van der Waals surface area contributed by atoms with Crippen LogP contribution in [0.1, 0.15) is 39.0 Å². The van der Waals surface area contributed by atoms with Gasteiger partial charge in [0.25, 0.3) is 0 Å². The van der Waals surface area contributed by atoms with Crippen LogP contribution in [0.4, 0.5) is 0 Å². The van der Waals surface area contributed by atoms with E-state index in [-0.39, 0.29) is 18.5 Å². The number of nitroso groups, excluding NO2 is 1. The van der Waals surface area contributed by atoms with Gasteiger partial charge in [0.05, 0.1) is 12.6 Å². The van der Waals surface area contributed by atoms with Crippen molar-refractivity contribution in [1.29, 1.82) is 0 Å². The molecule has 2 N–H and O–H groups in total. The Balaban J connectivity index is 2.60. The lowest BCUT2D eigenvalue weighted by atomic mass is 9.94. The molecular formula is C11H21N3O2. The molecule has 1 amide bonds. The van der Waals surface area contributed by atoms with Crippen LogP contribution in [0.15, 0.2) is 5.18 Å².